The van der Waals surface area contributed by atoms with E-state index in [0.717, 1.165) is 11.1 Å². The summed E-state index contributed by atoms with van der Waals surface area (Å²) in [6, 6.07) is 13.5. The topological polar surface area (TPSA) is 64.2 Å². The molecule has 0 aliphatic carbocycles. The Hall–Kier alpha value is -2.18. The van der Waals surface area contributed by atoms with Crippen molar-refractivity contribution < 1.29 is 10.2 Å². The molecule has 0 unspecified atom stereocenters. The highest BCUT2D eigenvalue weighted by Crippen LogP contribution is 2.28. The van der Waals surface area contributed by atoms with Crippen LogP contribution in [0.3, 0.4) is 0 Å². The highest BCUT2D eigenvalue weighted by molar-refractivity contribution is 6.31. The molecular formula is C15H12ClNO2. The van der Waals surface area contributed by atoms with Crippen molar-refractivity contribution in [3.8, 4) is 17.6 Å². The Morgan fingerprint density at radius 2 is 1.68 bits per heavy atom. The van der Waals surface area contributed by atoms with Crippen molar-refractivity contribution >= 4 is 11.6 Å². The number of nitrogens with zero attached hydrogens (tertiary/aromatic N) is 1. The smallest absolute Gasteiger partial charge is 0.117 e. The zero-order valence-electron chi connectivity index (χ0n) is 10.0. The van der Waals surface area contributed by atoms with E-state index in [-0.39, 0.29) is 17.4 Å². The zero-order chi connectivity index (χ0) is 13.8. The van der Waals surface area contributed by atoms with Crippen LogP contribution in [0.15, 0.2) is 42.5 Å². The van der Waals surface area contributed by atoms with E-state index in [4.69, 9.17) is 11.6 Å². The maximum absolute atomic E-state index is 9.30. The maximum Gasteiger partial charge on any atom is 0.117 e. The van der Waals surface area contributed by atoms with Gasteiger partial charge in [0.15, 0.2) is 0 Å². The van der Waals surface area contributed by atoms with Crippen LogP contribution in [0.2, 0.25) is 5.02 Å². The molecular weight excluding hydrogens is 262 g/mol. The van der Waals surface area contributed by atoms with Crippen LogP contribution in [-0.2, 0) is 6.42 Å². The van der Waals surface area contributed by atoms with E-state index in [1.54, 1.807) is 36.4 Å². The highest BCUT2D eigenvalue weighted by atomic mass is 35.5. The van der Waals surface area contributed by atoms with Gasteiger partial charge in [-0.25, -0.2) is 0 Å². The van der Waals surface area contributed by atoms with Crippen LogP contribution in [0.4, 0.5) is 0 Å². The number of aromatic hydroxyl groups is 2. The van der Waals surface area contributed by atoms with Crippen LogP contribution >= 0.6 is 11.6 Å². The van der Waals surface area contributed by atoms with Crippen LogP contribution in [0.1, 0.15) is 17.0 Å². The van der Waals surface area contributed by atoms with Crippen molar-refractivity contribution in [1.29, 1.82) is 5.26 Å². The molecule has 0 aliphatic rings. The fourth-order valence-corrected chi connectivity index (χ4v) is 2.12. The molecule has 2 aromatic rings. The van der Waals surface area contributed by atoms with E-state index in [2.05, 4.69) is 6.07 Å². The quantitative estimate of drug-likeness (QED) is 0.898. The lowest BCUT2D eigenvalue weighted by atomic mass is 9.93. The molecule has 19 heavy (non-hydrogen) atoms. The van der Waals surface area contributed by atoms with Crippen LogP contribution in [0, 0.1) is 11.3 Å². The molecule has 0 aromatic heterocycles. The summed E-state index contributed by atoms with van der Waals surface area (Å²) >= 11 is 6.03. The standard InChI is InChI=1S/C15H12ClNO2/c16-15-8-14(19)6-3-11(15)7-12(9-17)10-1-4-13(18)5-2-10/h1-6,8,12,18-19H,7H2/t12-/m0/s1. The molecule has 2 rings (SSSR count). The fraction of sp³-hybridized carbons (Fsp3) is 0.133. The van der Waals surface area contributed by atoms with Crippen LogP contribution in [-0.4, -0.2) is 10.2 Å². The van der Waals surface area contributed by atoms with Gasteiger partial charge in [0.2, 0.25) is 0 Å². The van der Waals surface area contributed by atoms with Crippen molar-refractivity contribution in [2.75, 3.05) is 0 Å². The maximum atomic E-state index is 9.30. The molecule has 0 amide bonds. The van der Waals surface area contributed by atoms with Crippen molar-refractivity contribution in [3.63, 3.8) is 0 Å². The SMILES string of the molecule is N#C[C@H](Cc1ccc(O)cc1Cl)c1ccc(O)cc1. The minimum absolute atomic E-state index is 0.104. The first kappa shape index (κ1) is 13.3. The Bertz CT molecular complexity index is 617. The molecule has 0 spiro atoms. The second-order valence-corrected chi connectivity index (χ2v) is 4.66. The molecule has 0 heterocycles. The molecule has 3 nitrogen and oxygen atoms in total. The minimum atomic E-state index is -0.345. The molecule has 0 radical (unpaired) electrons. The second-order valence-electron chi connectivity index (χ2n) is 4.25. The molecule has 96 valence electrons. The predicted molar refractivity (Wildman–Crippen MR) is 73.3 cm³/mol. The van der Waals surface area contributed by atoms with Gasteiger partial charge in [-0.2, -0.15) is 5.26 Å². The summed E-state index contributed by atoms with van der Waals surface area (Å²) in [5.74, 6) is -0.0716. The largest absolute Gasteiger partial charge is 0.508 e. The summed E-state index contributed by atoms with van der Waals surface area (Å²) in [7, 11) is 0. The predicted octanol–water partition coefficient (Wildman–Crippen LogP) is 3.60. The fourth-order valence-electron chi connectivity index (χ4n) is 1.87. The molecule has 0 fully saturated rings. The van der Waals surface area contributed by atoms with Gasteiger partial charge in [0, 0.05) is 5.02 Å². The average Bonchev–Trinajstić information content (AvgIpc) is 2.39. The molecule has 2 aromatic carbocycles. The third-order valence-corrected chi connectivity index (χ3v) is 3.26. The summed E-state index contributed by atoms with van der Waals surface area (Å²) in [6.07, 6.45) is 0.459. The number of phenols is 2. The lowest BCUT2D eigenvalue weighted by Crippen LogP contribution is -2.00. The third-order valence-electron chi connectivity index (χ3n) is 2.91. The summed E-state index contributed by atoms with van der Waals surface area (Å²) in [6.45, 7) is 0. The Morgan fingerprint density at radius 1 is 1.05 bits per heavy atom. The Kier molecular flexibility index (Phi) is 3.94. The van der Waals surface area contributed by atoms with E-state index in [1.165, 1.54) is 6.07 Å². The Morgan fingerprint density at radius 3 is 2.26 bits per heavy atom. The molecule has 0 saturated heterocycles. The molecule has 0 saturated carbocycles. The highest BCUT2D eigenvalue weighted by Gasteiger charge is 2.13. The molecule has 4 heteroatoms. The number of hydrogen-bond acceptors (Lipinski definition) is 3. The van der Waals surface area contributed by atoms with Gasteiger partial charge in [-0.15, -0.1) is 0 Å². The van der Waals surface area contributed by atoms with E-state index in [9.17, 15) is 15.5 Å². The lowest BCUT2D eigenvalue weighted by molar-refractivity contribution is 0.474. The van der Waals surface area contributed by atoms with E-state index in [1.807, 2.05) is 0 Å². The van der Waals surface area contributed by atoms with Crippen molar-refractivity contribution in [1.82, 2.24) is 0 Å². The Labute approximate surface area is 116 Å². The van der Waals surface area contributed by atoms with E-state index in [0.29, 0.717) is 11.4 Å². The van der Waals surface area contributed by atoms with E-state index >= 15 is 0 Å². The number of nitriles is 1. The van der Waals surface area contributed by atoms with Gasteiger partial charge in [0.25, 0.3) is 0 Å². The van der Waals surface area contributed by atoms with Gasteiger partial charge >= 0.3 is 0 Å². The van der Waals surface area contributed by atoms with Gasteiger partial charge in [0.1, 0.15) is 11.5 Å². The minimum Gasteiger partial charge on any atom is -0.508 e. The average molecular weight is 274 g/mol. The number of rotatable bonds is 3. The number of hydrogen-bond donors (Lipinski definition) is 2. The first-order valence-electron chi connectivity index (χ1n) is 5.76. The van der Waals surface area contributed by atoms with Crippen LogP contribution in [0.25, 0.3) is 0 Å². The van der Waals surface area contributed by atoms with Crippen LogP contribution < -0.4 is 0 Å². The third kappa shape index (κ3) is 3.18. The molecule has 2 N–H and O–H groups in total. The van der Waals surface area contributed by atoms with Crippen LogP contribution in [0.5, 0.6) is 11.5 Å². The first-order valence-corrected chi connectivity index (χ1v) is 6.14. The zero-order valence-corrected chi connectivity index (χ0v) is 10.8. The van der Waals surface area contributed by atoms with Gasteiger partial charge in [-0.1, -0.05) is 29.8 Å². The van der Waals surface area contributed by atoms with Crippen molar-refractivity contribution in [2.45, 2.75) is 12.3 Å². The molecule has 1 atom stereocenters. The van der Waals surface area contributed by atoms with Gasteiger partial charge < -0.3 is 10.2 Å². The van der Waals surface area contributed by atoms with Crippen molar-refractivity contribution in [3.05, 3.63) is 58.6 Å². The van der Waals surface area contributed by atoms with Gasteiger partial charge in [0.05, 0.1) is 12.0 Å². The summed E-state index contributed by atoms with van der Waals surface area (Å²) in [5, 5.41) is 28.2. The normalized spacial score (nSPS) is 11.8. The number of phenolic OH excluding ortho intramolecular Hbond substituents is 2. The first-order chi connectivity index (χ1) is 9.10. The molecule has 0 bridgehead atoms. The number of benzene rings is 2. The van der Waals surface area contributed by atoms with Crippen molar-refractivity contribution in [2.24, 2.45) is 0 Å². The summed E-state index contributed by atoms with van der Waals surface area (Å²) in [4.78, 5) is 0. The molecule has 0 aliphatic heterocycles. The van der Waals surface area contributed by atoms with E-state index < -0.39 is 0 Å². The summed E-state index contributed by atoms with van der Waals surface area (Å²) in [5.41, 5.74) is 1.63. The second kappa shape index (κ2) is 5.64. The lowest BCUT2D eigenvalue weighted by Gasteiger charge is -2.11. The number of halogens is 1. The van der Waals surface area contributed by atoms with Gasteiger partial charge in [-0.3, -0.25) is 0 Å². The summed E-state index contributed by atoms with van der Waals surface area (Å²) < 4.78 is 0. The Balaban J connectivity index is 2.24. The van der Waals surface area contributed by atoms with Gasteiger partial charge in [-0.05, 0) is 41.8 Å². The monoisotopic (exact) mass is 273 g/mol.